The van der Waals surface area contributed by atoms with E-state index in [-0.39, 0.29) is 11.8 Å². The average molecular weight is 408 g/mol. The van der Waals surface area contributed by atoms with Gasteiger partial charge in [0.05, 0.1) is 25.5 Å². The van der Waals surface area contributed by atoms with E-state index < -0.39 is 0 Å². The van der Waals surface area contributed by atoms with Crippen molar-refractivity contribution in [3.05, 3.63) is 41.6 Å². The highest BCUT2D eigenvalue weighted by Crippen LogP contribution is 2.34. The van der Waals surface area contributed by atoms with Crippen LogP contribution in [0.4, 0.5) is 0 Å². The molecule has 3 aliphatic rings. The third-order valence-corrected chi connectivity index (χ3v) is 6.38. The molecule has 6 heteroatoms. The molecule has 1 aliphatic heterocycles. The molecule has 5 rings (SSSR count). The Kier molecular flexibility index (Phi) is 5.67. The van der Waals surface area contributed by atoms with Crippen LogP contribution in [0.2, 0.25) is 0 Å². The minimum absolute atomic E-state index is 0.0359. The largest absolute Gasteiger partial charge is 0.477 e. The fourth-order valence-corrected chi connectivity index (χ4v) is 4.35. The van der Waals surface area contributed by atoms with Gasteiger partial charge in [0.15, 0.2) is 5.82 Å². The zero-order valence-corrected chi connectivity index (χ0v) is 17.4. The molecule has 2 fully saturated rings. The molecule has 1 saturated carbocycles. The monoisotopic (exact) mass is 407 g/mol. The fourth-order valence-electron chi connectivity index (χ4n) is 4.35. The molecule has 30 heavy (non-hydrogen) atoms. The van der Waals surface area contributed by atoms with Crippen LogP contribution in [0, 0.1) is 11.8 Å². The summed E-state index contributed by atoms with van der Waals surface area (Å²) in [6.45, 7) is 3.42. The fraction of sp³-hybridized carbons (Fsp3) is 0.542. The molecule has 0 bridgehead atoms. The van der Waals surface area contributed by atoms with Gasteiger partial charge in [0.1, 0.15) is 0 Å². The van der Waals surface area contributed by atoms with Crippen LogP contribution in [0.25, 0.3) is 11.4 Å². The van der Waals surface area contributed by atoms with Gasteiger partial charge >= 0.3 is 0 Å². The van der Waals surface area contributed by atoms with Crippen LogP contribution in [-0.2, 0) is 22.4 Å². The van der Waals surface area contributed by atoms with E-state index in [0.29, 0.717) is 32.2 Å². The molecule has 1 unspecified atom stereocenters. The number of hydrogen-bond acceptors (Lipinski definition) is 5. The number of carbonyl (C=O) groups is 1. The Balaban J connectivity index is 1.39. The molecule has 1 atom stereocenters. The second-order valence-electron chi connectivity index (χ2n) is 8.61. The molecular weight excluding hydrogens is 378 g/mol. The van der Waals surface area contributed by atoms with Crippen LogP contribution in [0.1, 0.15) is 36.9 Å². The molecule has 0 N–H and O–H groups in total. The van der Waals surface area contributed by atoms with Gasteiger partial charge in [-0.25, -0.2) is 4.98 Å². The summed E-state index contributed by atoms with van der Waals surface area (Å²) in [5, 5.41) is 0. The first-order valence-corrected chi connectivity index (χ1v) is 11.2. The standard InChI is InChI=1S/C24H29N3O3/c28-24(27-12-14-29-15-13-27)19-8-10-20-21(11-9-19)25-22(18-4-2-1-3-5-18)26-23(20)30-16-17-6-7-17/h1-5,17,19H,6-16H2. The van der Waals surface area contributed by atoms with Gasteiger partial charge in [-0.05, 0) is 44.4 Å². The quantitative estimate of drug-likeness (QED) is 0.712. The predicted octanol–water partition coefficient (Wildman–Crippen LogP) is 3.29. The Hall–Kier alpha value is -2.47. The van der Waals surface area contributed by atoms with Crippen molar-refractivity contribution in [1.82, 2.24) is 14.9 Å². The first kappa shape index (κ1) is 19.5. The number of aromatic nitrogens is 2. The molecule has 6 nitrogen and oxygen atoms in total. The summed E-state index contributed by atoms with van der Waals surface area (Å²) >= 11 is 0. The molecule has 2 aliphatic carbocycles. The van der Waals surface area contributed by atoms with E-state index in [2.05, 4.69) is 0 Å². The zero-order valence-electron chi connectivity index (χ0n) is 17.4. The van der Waals surface area contributed by atoms with Crippen molar-refractivity contribution >= 4 is 5.91 Å². The van der Waals surface area contributed by atoms with Crippen molar-refractivity contribution in [2.45, 2.75) is 38.5 Å². The van der Waals surface area contributed by atoms with Crippen molar-refractivity contribution in [1.29, 1.82) is 0 Å². The van der Waals surface area contributed by atoms with E-state index in [4.69, 9.17) is 19.4 Å². The van der Waals surface area contributed by atoms with E-state index >= 15 is 0 Å². The molecule has 1 amide bonds. The SMILES string of the molecule is O=C(C1CCc2nc(-c3ccccc3)nc(OCC3CC3)c2CC1)N1CCOCC1. The van der Waals surface area contributed by atoms with Crippen molar-refractivity contribution in [2.75, 3.05) is 32.9 Å². The van der Waals surface area contributed by atoms with Gasteiger partial charge < -0.3 is 14.4 Å². The molecule has 2 aromatic rings. The van der Waals surface area contributed by atoms with Gasteiger partial charge in [0.25, 0.3) is 0 Å². The summed E-state index contributed by atoms with van der Waals surface area (Å²) < 4.78 is 11.6. The van der Waals surface area contributed by atoms with E-state index in [1.54, 1.807) is 0 Å². The summed E-state index contributed by atoms with van der Waals surface area (Å²) in [5.74, 6) is 2.41. The molecular formula is C24H29N3O3. The minimum Gasteiger partial charge on any atom is -0.477 e. The van der Waals surface area contributed by atoms with E-state index in [9.17, 15) is 4.79 Å². The molecule has 1 saturated heterocycles. The summed E-state index contributed by atoms with van der Waals surface area (Å²) in [6, 6.07) is 10.1. The molecule has 1 aromatic heterocycles. The maximum atomic E-state index is 13.1. The highest BCUT2D eigenvalue weighted by Gasteiger charge is 2.30. The average Bonchev–Trinajstić information content (AvgIpc) is 3.65. The van der Waals surface area contributed by atoms with E-state index in [1.165, 1.54) is 12.8 Å². The lowest BCUT2D eigenvalue weighted by Gasteiger charge is -2.30. The van der Waals surface area contributed by atoms with Crippen LogP contribution < -0.4 is 4.74 Å². The molecule has 0 spiro atoms. The van der Waals surface area contributed by atoms with Crippen LogP contribution in [-0.4, -0.2) is 53.7 Å². The molecule has 1 aromatic carbocycles. The van der Waals surface area contributed by atoms with Crippen molar-refractivity contribution in [3.8, 4) is 17.3 Å². The first-order chi connectivity index (χ1) is 14.8. The third kappa shape index (κ3) is 4.33. The second kappa shape index (κ2) is 8.72. The highest BCUT2D eigenvalue weighted by atomic mass is 16.5. The molecule has 0 radical (unpaired) electrons. The van der Waals surface area contributed by atoms with Gasteiger partial charge in [-0.1, -0.05) is 30.3 Å². The number of carbonyl (C=O) groups excluding carboxylic acids is 1. The Labute approximate surface area is 177 Å². The molecule has 2 heterocycles. The smallest absolute Gasteiger partial charge is 0.225 e. The summed E-state index contributed by atoms with van der Waals surface area (Å²) in [4.78, 5) is 24.8. The minimum atomic E-state index is 0.0359. The maximum Gasteiger partial charge on any atom is 0.225 e. The van der Waals surface area contributed by atoms with Crippen molar-refractivity contribution in [2.24, 2.45) is 11.8 Å². The Morgan fingerprint density at radius 1 is 1.03 bits per heavy atom. The number of benzene rings is 1. The Bertz CT molecular complexity index is 892. The number of morpholine rings is 1. The molecule has 158 valence electrons. The summed E-state index contributed by atoms with van der Waals surface area (Å²) in [5.41, 5.74) is 3.15. The Morgan fingerprint density at radius 3 is 2.57 bits per heavy atom. The number of ether oxygens (including phenoxy) is 2. The van der Waals surface area contributed by atoms with Gasteiger partial charge in [-0.15, -0.1) is 0 Å². The zero-order chi connectivity index (χ0) is 20.3. The van der Waals surface area contributed by atoms with Crippen molar-refractivity contribution in [3.63, 3.8) is 0 Å². The van der Waals surface area contributed by atoms with Crippen LogP contribution in [0.15, 0.2) is 30.3 Å². The van der Waals surface area contributed by atoms with Crippen LogP contribution in [0.5, 0.6) is 5.88 Å². The number of nitrogens with zero attached hydrogens (tertiary/aromatic N) is 3. The first-order valence-electron chi connectivity index (χ1n) is 11.2. The van der Waals surface area contributed by atoms with E-state index in [1.807, 2.05) is 35.2 Å². The van der Waals surface area contributed by atoms with Gasteiger partial charge in [0.2, 0.25) is 11.8 Å². The van der Waals surface area contributed by atoms with Crippen LogP contribution >= 0.6 is 0 Å². The van der Waals surface area contributed by atoms with Gasteiger partial charge in [0, 0.05) is 30.1 Å². The lowest BCUT2D eigenvalue weighted by atomic mass is 9.98. The maximum absolute atomic E-state index is 13.1. The second-order valence-corrected chi connectivity index (χ2v) is 8.61. The normalized spacial score (nSPS) is 21.6. The highest BCUT2D eigenvalue weighted by molar-refractivity contribution is 5.79. The third-order valence-electron chi connectivity index (χ3n) is 6.38. The number of fused-ring (bicyclic) bond motifs is 1. The predicted molar refractivity (Wildman–Crippen MR) is 113 cm³/mol. The summed E-state index contributed by atoms with van der Waals surface area (Å²) in [6.07, 6.45) is 5.74. The summed E-state index contributed by atoms with van der Waals surface area (Å²) in [7, 11) is 0. The Morgan fingerprint density at radius 2 is 1.80 bits per heavy atom. The topological polar surface area (TPSA) is 64.5 Å². The number of hydrogen-bond donors (Lipinski definition) is 0. The lowest BCUT2D eigenvalue weighted by Crippen LogP contribution is -2.43. The van der Waals surface area contributed by atoms with Crippen molar-refractivity contribution < 1.29 is 14.3 Å². The number of aryl methyl sites for hydroxylation is 1. The van der Waals surface area contributed by atoms with Gasteiger partial charge in [-0.3, -0.25) is 4.79 Å². The number of amides is 1. The number of rotatable bonds is 5. The van der Waals surface area contributed by atoms with Crippen LogP contribution in [0.3, 0.4) is 0 Å². The van der Waals surface area contributed by atoms with E-state index in [0.717, 1.165) is 60.8 Å². The van der Waals surface area contributed by atoms with Gasteiger partial charge in [-0.2, -0.15) is 4.98 Å². The lowest BCUT2D eigenvalue weighted by molar-refractivity contribution is -0.140.